The van der Waals surface area contributed by atoms with Crippen molar-refractivity contribution in [3.8, 4) is 5.06 Å². The van der Waals surface area contributed by atoms with Crippen molar-refractivity contribution in [3.63, 3.8) is 0 Å². The first-order valence-electron chi connectivity index (χ1n) is 15.6. The molecule has 40 heavy (non-hydrogen) atoms. The molecule has 0 radical (unpaired) electrons. The minimum atomic E-state index is -0.560. The highest BCUT2D eigenvalue weighted by atomic mass is 32.1. The van der Waals surface area contributed by atoms with Crippen molar-refractivity contribution in [2.24, 2.45) is 56.7 Å². The highest BCUT2D eigenvalue weighted by molar-refractivity contribution is 7.15. The van der Waals surface area contributed by atoms with Gasteiger partial charge >= 0.3 is 5.97 Å². The number of thiophene rings is 1. The summed E-state index contributed by atoms with van der Waals surface area (Å²) in [6.45, 7) is 19.7. The zero-order chi connectivity index (χ0) is 28.9. The van der Waals surface area contributed by atoms with Crippen LogP contribution in [0.1, 0.15) is 104 Å². The van der Waals surface area contributed by atoms with Gasteiger partial charge in [-0.25, -0.2) is 0 Å². The number of fused-ring (bicyclic) bond motifs is 7. The molecular weight excluding hydrogens is 516 g/mol. The van der Waals surface area contributed by atoms with Gasteiger partial charge in [-0.3, -0.25) is 9.59 Å². The molecule has 0 saturated heterocycles. The molecule has 0 unspecified atom stereocenters. The molecule has 1 aromatic heterocycles. The standard InChI is InChI=1S/C35H48O4S/c1-21(2)22-12-17-35(30(37)38)19-18-33(6)24(29(22)35)8-10-27-32(5)15-13-23(25-9-11-28(40-25)39-20-36)31(3,4)26(32)14-16-34(27,33)7/h9,11,13,20,22,24,26-27,29H,1,8,10,12,14-19H2,2-7H3,(H,37,38)/t22-,24+,26-,27+,29+,32-,33+,34+,35-/m0/s1. The van der Waals surface area contributed by atoms with Crippen LogP contribution in [0.25, 0.3) is 5.57 Å². The first-order chi connectivity index (χ1) is 18.8. The van der Waals surface area contributed by atoms with E-state index in [1.165, 1.54) is 35.3 Å². The lowest BCUT2D eigenvalue weighted by Gasteiger charge is -2.72. The number of hydrogen-bond donors (Lipinski definition) is 1. The van der Waals surface area contributed by atoms with E-state index >= 15 is 0 Å². The Morgan fingerprint density at radius 3 is 2.42 bits per heavy atom. The molecule has 1 N–H and O–H groups in total. The lowest BCUT2D eigenvalue weighted by atomic mass is 9.32. The Labute approximate surface area is 244 Å². The maximum Gasteiger partial charge on any atom is 0.309 e. The first kappa shape index (κ1) is 28.2. The fourth-order valence-corrected chi connectivity index (χ4v) is 13.1. The van der Waals surface area contributed by atoms with Gasteiger partial charge in [0, 0.05) is 4.88 Å². The maximum absolute atomic E-state index is 12.9. The molecule has 0 spiro atoms. The average molecular weight is 565 g/mol. The summed E-state index contributed by atoms with van der Waals surface area (Å²) in [6, 6.07) is 4.04. The number of hydrogen-bond acceptors (Lipinski definition) is 4. The van der Waals surface area contributed by atoms with Crippen molar-refractivity contribution >= 4 is 29.4 Å². The Morgan fingerprint density at radius 1 is 1.00 bits per heavy atom. The fraction of sp³-hybridized carbons (Fsp3) is 0.714. The quantitative estimate of drug-likeness (QED) is 0.286. The van der Waals surface area contributed by atoms with Crippen LogP contribution in [0.5, 0.6) is 5.06 Å². The third-order valence-electron chi connectivity index (χ3n) is 14.1. The molecule has 5 aliphatic rings. The van der Waals surface area contributed by atoms with E-state index in [2.05, 4.69) is 60.3 Å². The Morgan fingerprint density at radius 2 is 1.75 bits per heavy atom. The lowest BCUT2D eigenvalue weighted by Crippen LogP contribution is -2.65. The molecule has 1 aromatic rings. The highest BCUT2D eigenvalue weighted by Crippen LogP contribution is 2.77. The molecular formula is C35H48O4S. The van der Waals surface area contributed by atoms with Crippen LogP contribution >= 0.6 is 11.3 Å². The van der Waals surface area contributed by atoms with E-state index in [4.69, 9.17) is 4.74 Å². The second-order valence-electron chi connectivity index (χ2n) is 15.5. The second-order valence-corrected chi connectivity index (χ2v) is 16.6. The smallest absolute Gasteiger partial charge is 0.309 e. The van der Waals surface area contributed by atoms with E-state index < -0.39 is 11.4 Å². The summed E-state index contributed by atoms with van der Waals surface area (Å²) in [5.74, 6) is 1.66. The molecule has 0 amide bonds. The predicted molar refractivity (Wildman–Crippen MR) is 161 cm³/mol. The minimum absolute atomic E-state index is 0.0247. The molecule has 9 atom stereocenters. The molecule has 4 saturated carbocycles. The summed E-state index contributed by atoms with van der Waals surface area (Å²) >= 11 is 1.58. The summed E-state index contributed by atoms with van der Waals surface area (Å²) in [7, 11) is 0. The van der Waals surface area contributed by atoms with Crippen LogP contribution in [0.3, 0.4) is 0 Å². The van der Waals surface area contributed by atoms with Crippen molar-refractivity contribution in [2.45, 2.75) is 99.3 Å². The Bertz CT molecular complexity index is 1270. The Hall–Kier alpha value is -1.88. The molecule has 4 nitrogen and oxygen atoms in total. The van der Waals surface area contributed by atoms with Crippen molar-refractivity contribution in [1.82, 2.24) is 0 Å². The zero-order valence-corrected chi connectivity index (χ0v) is 26.2. The number of carboxylic acids is 1. The summed E-state index contributed by atoms with van der Waals surface area (Å²) < 4.78 is 5.16. The second kappa shape index (κ2) is 9.06. The van der Waals surface area contributed by atoms with Gasteiger partial charge in [0.05, 0.1) is 5.41 Å². The van der Waals surface area contributed by atoms with E-state index in [1.54, 1.807) is 11.3 Å². The maximum atomic E-state index is 12.9. The van der Waals surface area contributed by atoms with E-state index in [-0.39, 0.29) is 27.6 Å². The van der Waals surface area contributed by atoms with Crippen LogP contribution in [0.15, 0.2) is 30.4 Å². The van der Waals surface area contributed by atoms with Crippen molar-refractivity contribution in [3.05, 3.63) is 35.2 Å². The first-order valence-corrected chi connectivity index (χ1v) is 16.4. The highest BCUT2D eigenvalue weighted by Gasteiger charge is 2.71. The lowest BCUT2D eigenvalue weighted by molar-refractivity contribution is -0.227. The molecule has 5 aliphatic carbocycles. The van der Waals surface area contributed by atoms with Crippen LogP contribution in [0, 0.1) is 56.7 Å². The number of carboxylic acid groups (broad SMARTS) is 1. The minimum Gasteiger partial charge on any atom is -0.481 e. The third-order valence-corrected chi connectivity index (χ3v) is 15.1. The Kier molecular flexibility index (Phi) is 6.40. The van der Waals surface area contributed by atoms with Gasteiger partial charge in [0.2, 0.25) is 0 Å². The van der Waals surface area contributed by atoms with Gasteiger partial charge in [0.25, 0.3) is 6.47 Å². The fourth-order valence-electron chi connectivity index (χ4n) is 12.1. The number of allylic oxidation sites excluding steroid dienone is 3. The molecule has 0 aromatic carbocycles. The van der Waals surface area contributed by atoms with Crippen molar-refractivity contribution in [2.75, 3.05) is 0 Å². The van der Waals surface area contributed by atoms with Crippen LogP contribution in [0.2, 0.25) is 0 Å². The molecule has 1 heterocycles. The van der Waals surface area contributed by atoms with Crippen molar-refractivity contribution in [1.29, 1.82) is 0 Å². The average Bonchev–Trinajstić information content (AvgIpc) is 3.50. The molecule has 5 heteroatoms. The van der Waals surface area contributed by atoms with E-state index in [9.17, 15) is 14.7 Å². The SMILES string of the molecule is C=C(C)[C@@H]1CC[C@]2(C(=O)O)CC[C@]3(C)[C@H](CC[C@@H]4[C@@]5(C)CC=C(c6ccc(OC=O)s6)C(C)(C)[C@@H]5CC[C@]43C)[C@@H]12. The van der Waals surface area contributed by atoms with Gasteiger partial charge in [0.1, 0.15) is 0 Å². The Balaban J connectivity index is 1.37. The van der Waals surface area contributed by atoms with Crippen LogP contribution in [-0.2, 0) is 9.59 Å². The van der Waals surface area contributed by atoms with E-state index in [0.29, 0.717) is 35.2 Å². The van der Waals surface area contributed by atoms with Crippen LogP contribution < -0.4 is 4.74 Å². The van der Waals surface area contributed by atoms with Gasteiger partial charge in [-0.15, -0.1) is 0 Å². The number of carbonyl (C=O) groups excluding carboxylic acids is 1. The molecule has 4 fully saturated rings. The molecule has 218 valence electrons. The summed E-state index contributed by atoms with van der Waals surface area (Å²) in [4.78, 5) is 25.0. The van der Waals surface area contributed by atoms with Gasteiger partial charge in [-0.2, -0.15) is 0 Å². The van der Waals surface area contributed by atoms with Gasteiger partial charge in [0.15, 0.2) is 5.06 Å². The number of carbonyl (C=O) groups is 2. The molecule has 0 bridgehead atoms. The van der Waals surface area contributed by atoms with E-state index in [0.717, 1.165) is 38.5 Å². The summed E-state index contributed by atoms with van der Waals surface area (Å²) in [5.41, 5.74) is 2.62. The topological polar surface area (TPSA) is 63.6 Å². The summed E-state index contributed by atoms with van der Waals surface area (Å²) in [5, 5.41) is 11.3. The van der Waals surface area contributed by atoms with Gasteiger partial charge in [-0.1, -0.05) is 64.2 Å². The summed E-state index contributed by atoms with van der Waals surface area (Å²) in [6.07, 6.45) is 12.0. The number of aliphatic carboxylic acids is 1. The third kappa shape index (κ3) is 3.48. The predicted octanol–water partition coefficient (Wildman–Crippen LogP) is 9.02. The molecule has 0 aliphatic heterocycles. The van der Waals surface area contributed by atoms with Crippen LogP contribution in [0.4, 0.5) is 0 Å². The monoisotopic (exact) mass is 564 g/mol. The van der Waals surface area contributed by atoms with E-state index in [1.807, 2.05) is 6.07 Å². The zero-order valence-electron chi connectivity index (χ0n) is 25.3. The normalized spacial score (nSPS) is 45.2. The van der Waals surface area contributed by atoms with Crippen LogP contribution in [-0.4, -0.2) is 17.5 Å². The number of ether oxygens (including phenoxy) is 1. The largest absolute Gasteiger partial charge is 0.481 e. The number of rotatable bonds is 5. The van der Waals surface area contributed by atoms with Gasteiger partial charge in [-0.05, 0) is 134 Å². The van der Waals surface area contributed by atoms with Gasteiger partial charge < -0.3 is 9.84 Å². The molecule has 6 rings (SSSR count). The van der Waals surface area contributed by atoms with Crippen molar-refractivity contribution < 1.29 is 19.4 Å².